The highest BCUT2D eigenvalue weighted by Crippen LogP contribution is 1.86. The minimum absolute atomic E-state index is 0.349. The molecule has 0 saturated carbocycles. The number of rotatable bonds is 4. The molecule has 0 spiro atoms. The molecule has 0 rings (SSSR count). The first-order chi connectivity index (χ1) is 4.70. The molecule has 4 heteroatoms. The normalized spacial score (nSPS) is 10.3. The smallest absolute Gasteiger partial charge is 0.110 e. The Labute approximate surface area is 60.6 Å². The second-order valence-corrected chi connectivity index (χ2v) is 2.15. The van der Waals surface area contributed by atoms with E-state index in [4.69, 9.17) is 10.8 Å². The maximum atomic E-state index is 6.74. The van der Waals surface area contributed by atoms with Crippen molar-refractivity contribution in [3.63, 3.8) is 0 Å². The Morgan fingerprint density at radius 2 is 1.80 bits per heavy atom. The Morgan fingerprint density at radius 1 is 1.30 bits per heavy atom. The molecule has 0 bridgehead atoms. The van der Waals surface area contributed by atoms with E-state index < -0.39 is 0 Å². The Morgan fingerprint density at radius 3 is 2.10 bits per heavy atom. The second-order valence-electron chi connectivity index (χ2n) is 2.15. The van der Waals surface area contributed by atoms with Crippen LogP contribution in [0, 0.1) is 16.7 Å². The summed E-state index contributed by atoms with van der Waals surface area (Å²) in [6, 6.07) is 0. The van der Waals surface area contributed by atoms with Crippen LogP contribution in [-0.2, 0) is 0 Å². The molecule has 0 aliphatic carbocycles. The van der Waals surface area contributed by atoms with Gasteiger partial charge in [0.25, 0.3) is 0 Å². The minimum atomic E-state index is 0.349. The van der Waals surface area contributed by atoms with Crippen LogP contribution in [0.1, 0.15) is 13.8 Å². The summed E-state index contributed by atoms with van der Waals surface area (Å²) in [6.45, 7) is 3.96. The third-order valence-corrected chi connectivity index (χ3v) is 0.763. The van der Waals surface area contributed by atoms with Crippen LogP contribution >= 0.6 is 0 Å². The molecule has 0 radical (unpaired) electrons. The van der Waals surface area contributed by atoms with Crippen LogP contribution in [-0.4, -0.2) is 23.9 Å². The molecule has 0 aromatic heterocycles. The van der Waals surface area contributed by atoms with E-state index in [1.54, 1.807) is 6.21 Å². The Kier molecular flexibility index (Phi) is 4.11. The van der Waals surface area contributed by atoms with Crippen LogP contribution < -0.4 is 0 Å². The Balaban J connectivity index is 3.83. The summed E-state index contributed by atoms with van der Waals surface area (Å²) >= 11 is 0. The molecule has 0 aliphatic heterocycles. The van der Waals surface area contributed by atoms with Crippen LogP contribution in [0.15, 0.2) is 5.10 Å². The fourth-order valence-electron chi connectivity index (χ4n) is 0.314. The average Bonchev–Trinajstić information content (AvgIpc) is 1.90. The van der Waals surface area contributed by atoms with Gasteiger partial charge in [-0.1, -0.05) is 13.8 Å². The summed E-state index contributed by atoms with van der Waals surface area (Å²) in [5.41, 5.74) is 0. The lowest BCUT2D eigenvalue weighted by atomic mass is 10.3. The molecule has 0 atom stereocenters. The van der Waals surface area contributed by atoms with Gasteiger partial charge in [-0.15, -0.1) is 0 Å². The molecule has 10 heavy (non-hydrogen) atoms. The molecular weight excluding hydrogens is 128 g/mol. The monoisotopic (exact) mass is 140 g/mol. The number of hydrogen-bond donors (Lipinski definition) is 2. The van der Waals surface area contributed by atoms with Gasteiger partial charge in [-0.3, -0.25) is 10.8 Å². The van der Waals surface area contributed by atoms with Crippen LogP contribution in [0.2, 0.25) is 0 Å². The first kappa shape index (κ1) is 8.81. The molecule has 0 aromatic rings. The van der Waals surface area contributed by atoms with E-state index in [1.165, 1.54) is 0 Å². The van der Waals surface area contributed by atoms with Crippen LogP contribution in [0.3, 0.4) is 0 Å². The SMILES string of the molecule is CC(C)/C=N/N(C=N)C=N. The van der Waals surface area contributed by atoms with Gasteiger partial charge in [0.2, 0.25) is 0 Å². The summed E-state index contributed by atoms with van der Waals surface area (Å²) in [6.07, 6.45) is 3.63. The molecule has 4 nitrogen and oxygen atoms in total. The zero-order chi connectivity index (χ0) is 7.98. The lowest BCUT2D eigenvalue weighted by molar-refractivity contribution is 0.683. The third-order valence-electron chi connectivity index (χ3n) is 0.763. The van der Waals surface area contributed by atoms with Gasteiger partial charge in [0.1, 0.15) is 12.7 Å². The van der Waals surface area contributed by atoms with Gasteiger partial charge in [-0.05, 0) is 5.92 Å². The number of nitrogens with zero attached hydrogens (tertiary/aromatic N) is 2. The van der Waals surface area contributed by atoms with Gasteiger partial charge >= 0.3 is 0 Å². The fourth-order valence-corrected chi connectivity index (χ4v) is 0.314. The molecule has 0 aliphatic rings. The standard InChI is InChI=1S/C6H12N4/c1-6(2)3-9-10(4-7)5-8/h3-8H,1-2H3/b7-4?,8-5?,9-3+. The summed E-state index contributed by atoms with van der Waals surface area (Å²) in [5, 5.41) is 18.4. The molecule has 0 amide bonds. The van der Waals surface area contributed by atoms with Crippen LogP contribution in [0.4, 0.5) is 0 Å². The summed E-state index contributed by atoms with van der Waals surface area (Å²) < 4.78 is 0. The first-order valence-corrected chi connectivity index (χ1v) is 3.04. The van der Waals surface area contributed by atoms with Gasteiger partial charge in [0, 0.05) is 6.21 Å². The summed E-state index contributed by atoms with van der Waals surface area (Å²) in [4.78, 5) is 0. The van der Waals surface area contributed by atoms with Gasteiger partial charge in [-0.2, -0.15) is 5.10 Å². The van der Waals surface area contributed by atoms with Crippen molar-refractivity contribution in [1.82, 2.24) is 5.01 Å². The minimum Gasteiger partial charge on any atom is -0.289 e. The fraction of sp³-hybridized carbons (Fsp3) is 0.500. The molecular formula is C6H12N4. The highest BCUT2D eigenvalue weighted by atomic mass is 15.4. The first-order valence-electron chi connectivity index (χ1n) is 3.04. The van der Waals surface area contributed by atoms with Crippen molar-refractivity contribution in [3.05, 3.63) is 0 Å². The van der Waals surface area contributed by atoms with E-state index in [-0.39, 0.29) is 0 Å². The van der Waals surface area contributed by atoms with Crippen molar-refractivity contribution >= 4 is 18.9 Å². The third kappa shape index (κ3) is 3.77. The van der Waals surface area contributed by atoms with Crippen LogP contribution in [0.5, 0.6) is 0 Å². The van der Waals surface area contributed by atoms with E-state index in [0.29, 0.717) is 5.92 Å². The number of hydrazone groups is 1. The van der Waals surface area contributed by atoms with Crippen molar-refractivity contribution in [1.29, 1.82) is 10.8 Å². The average molecular weight is 140 g/mol. The molecule has 0 fully saturated rings. The second kappa shape index (κ2) is 4.67. The molecule has 2 N–H and O–H groups in total. The lowest BCUT2D eigenvalue weighted by Gasteiger charge is -2.02. The molecule has 0 heterocycles. The van der Waals surface area contributed by atoms with Crippen molar-refractivity contribution in [2.75, 3.05) is 0 Å². The van der Waals surface area contributed by atoms with E-state index in [0.717, 1.165) is 17.7 Å². The Bertz CT molecular complexity index is 131. The van der Waals surface area contributed by atoms with E-state index >= 15 is 0 Å². The van der Waals surface area contributed by atoms with Gasteiger partial charge in [0.05, 0.1) is 0 Å². The number of nitrogens with one attached hydrogen (secondary N) is 2. The van der Waals surface area contributed by atoms with Gasteiger partial charge in [-0.25, -0.2) is 5.01 Å². The lowest BCUT2D eigenvalue weighted by Crippen LogP contribution is -2.11. The molecule has 0 aromatic carbocycles. The Hall–Kier alpha value is -1.19. The zero-order valence-corrected chi connectivity index (χ0v) is 6.20. The largest absolute Gasteiger partial charge is 0.289 e. The summed E-state index contributed by atoms with van der Waals surface area (Å²) in [7, 11) is 0. The topological polar surface area (TPSA) is 63.3 Å². The molecule has 0 saturated heterocycles. The van der Waals surface area contributed by atoms with Crippen molar-refractivity contribution in [2.24, 2.45) is 11.0 Å². The maximum Gasteiger partial charge on any atom is 0.110 e. The highest BCUT2D eigenvalue weighted by molar-refractivity contribution is 5.73. The van der Waals surface area contributed by atoms with E-state index in [9.17, 15) is 0 Å². The maximum absolute atomic E-state index is 6.74. The number of hydrogen-bond acceptors (Lipinski definition) is 3. The predicted molar refractivity (Wildman–Crippen MR) is 42.7 cm³/mol. The van der Waals surface area contributed by atoms with Crippen molar-refractivity contribution in [2.45, 2.75) is 13.8 Å². The summed E-state index contributed by atoms with van der Waals surface area (Å²) in [5.74, 6) is 0.349. The van der Waals surface area contributed by atoms with Gasteiger partial charge < -0.3 is 0 Å². The van der Waals surface area contributed by atoms with Gasteiger partial charge in [0.15, 0.2) is 0 Å². The predicted octanol–water partition coefficient (Wildman–Crippen LogP) is 1.14. The molecule has 0 unspecified atom stereocenters. The zero-order valence-electron chi connectivity index (χ0n) is 6.20. The quantitative estimate of drug-likeness (QED) is 0.343. The van der Waals surface area contributed by atoms with Crippen LogP contribution in [0.25, 0.3) is 0 Å². The molecule has 56 valence electrons. The highest BCUT2D eigenvalue weighted by Gasteiger charge is 1.88. The van der Waals surface area contributed by atoms with E-state index in [2.05, 4.69) is 5.10 Å². The van der Waals surface area contributed by atoms with E-state index in [1.807, 2.05) is 13.8 Å². The van der Waals surface area contributed by atoms with Crippen molar-refractivity contribution in [3.8, 4) is 0 Å². The van der Waals surface area contributed by atoms with Crippen molar-refractivity contribution < 1.29 is 0 Å².